The molecule has 2 N–H and O–H groups in total. The molecule has 3 nitrogen and oxygen atoms in total. The maximum absolute atomic E-state index is 11.9. The molecule has 1 amide bonds. The minimum atomic E-state index is -0.235. The number of carbonyl (C=O) groups excluding carboxylic acids is 1. The highest BCUT2D eigenvalue weighted by Gasteiger charge is 2.13. The van der Waals surface area contributed by atoms with E-state index in [0.29, 0.717) is 18.0 Å². The van der Waals surface area contributed by atoms with Crippen LogP contribution >= 0.6 is 15.9 Å². The van der Waals surface area contributed by atoms with Crippen molar-refractivity contribution in [3.8, 4) is 5.75 Å². The molecule has 18 heavy (non-hydrogen) atoms. The van der Waals surface area contributed by atoms with Crippen LogP contribution in [0.15, 0.2) is 18.2 Å². The molecule has 1 aromatic carbocycles. The molecule has 0 bridgehead atoms. The SMILES string of the molecule is Cc1ccc(C(=O)NCC(Br)CC(C)C)c(O)c1. The molecule has 0 aromatic heterocycles. The van der Waals surface area contributed by atoms with Crippen LogP contribution in [-0.4, -0.2) is 22.4 Å². The molecule has 0 heterocycles. The summed E-state index contributed by atoms with van der Waals surface area (Å²) in [6.45, 7) is 6.71. The summed E-state index contributed by atoms with van der Waals surface area (Å²) < 4.78 is 0. The van der Waals surface area contributed by atoms with Crippen LogP contribution in [0.2, 0.25) is 0 Å². The van der Waals surface area contributed by atoms with Crippen LogP contribution in [0.5, 0.6) is 5.75 Å². The van der Waals surface area contributed by atoms with Gasteiger partial charge in [-0.25, -0.2) is 0 Å². The van der Waals surface area contributed by atoms with Gasteiger partial charge in [-0.3, -0.25) is 4.79 Å². The summed E-state index contributed by atoms with van der Waals surface area (Å²) in [6.07, 6.45) is 1.00. The van der Waals surface area contributed by atoms with E-state index in [1.54, 1.807) is 12.1 Å². The van der Waals surface area contributed by atoms with Gasteiger partial charge in [0.2, 0.25) is 0 Å². The predicted molar refractivity (Wildman–Crippen MR) is 77.3 cm³/mol. The van der Waals surface area contributed by atoms with Gasteiger partial charge in [0.1, 0.15) is 5.75 Å². The molecule has 0 aliphatic rings. The van der Waals surface area contributed by atoms with Crippen LogP contribution in [0, 0.1) is 12.8 Å². The number of phenolic OH excluding ortho intramolecular Hbond substituents is 1. The molecule has 100 valence electrons. The first-order valence-corrected chi connectivity index (χ1v) is 7.03. The smallest absolute Gasteiger partial charge is 0.255 e. The van der Waals surface area contributed by atoms with Crippen molar-refractivity contribution < 1.29 is 9.90 Å². The Morgan fingerprint density at radius 3 is 2.67 bits per heavy atom. The highest BCUT2D eigenvalue weighted by atomic mass is 79.9. The van der Waals surface area contributed by atoms with Crippen molar-refractivity contribution in [2.45, 2.75) is 32.0 Å². The van der Waals surface area contributed by atoms with Crippen LogP contribution in [0.1, 0.15) is 36.2 Å². The third kappa shape index (κ3) is 4.69. The second-order valence-electron chi connectivity index (χ2n) is 4.96. The highest BCUT2D eigenvalue weighted by molar-refractivity contribution is 9.09. The number of aromatic hydroxyl groups is 1. The zero-order chi connectivity index (χ0) is 13.7. The predicted octanol–water partition coefficient (Wildman–Crippen LogP) is 3.24. The number of aryl methyl sites for hydroxylation is 1. The lowest BCUT2D eigenvalue weighted by molar-refractivity contribution is 0.0950. The first-order valence-electron chi connectivity index (χ1n) is 6.12. The van der Waals surface area contributed by atoms with Gasteiger partial charge in [-0.1, -0.05) is 35.8 Å². The summed E-state index contributed by atoms with van der Waals surface area (Å²) >= 11 is 3.53. The molecular weight excluding hydrogens is 294 g/mol. The van der Waals surface area contributed by atoms with E-state index in [1.165, 1.54) is 0 Å². The van der Waals surface area contributed by atoms with Gasteiger partial charge in [-0.15, -0.1) is 0 Å². The number of halogens is 1. The second-order valence-corrected chi connectivity index (χ2v) is 6.25. The summed E-state index contributed by atoms with van der Waals surface area (Å²) in [4.78, 5) is 12.1. The fourth-order valence-corrected chi connectivity index (χ4v) is 2.64. The molecule has 4 heteroatoms. The van der Waals surface area contributed by atoms with E-state index in [-0.39, 0.29) is 16.5 Å². The Morgan fingerprint density at radius 1 is 1.44 bits per heavy atom. The van der Waals surface area contributed by atoms with Gasteiger partial charge >= 0.3 is 0 Å². The van der Waals surface area contributed by atoms with E-state index in [4.69, 9.17) is 0 Å². The lowest BCUT2D eigenvalue weighted by Crippen LogP contribution is -2.30. The first-order chi connectivity index (χ1) is 8.40. The van der Waals surface area contributed by atoms with Gasteiger partial charge in [-0.2, -0.15) is 0 Å². The van der Waals surface area contributed by atoms with Gasteiger partial charge in [-0.05, 0) is 37.0 Å². The topological polar surface area (TPSA) is 49.3 Å². The summed E-state index contributed by atoms with van der Waals surface area (Å²) in [6, 6.07) is 5.05. The highest BCUT2D eigenvalue weighted by Crippen LogP contribution is 2.18. The number of hydrogen-bond acceptors (Lipinski definition) is 2. The molecule has 0 saturated heterocycles. The van der Waals surface area contributed by atoms with Crippen molar-refractivity contribution in [2.24, 2.45) is 5.92 Å². The lowest BCUT2D eigenvalue weighted by Gasteiger charge is -2.13. The van der Waals surface area contributed by atoms with Gasteiger partial charge in [0.05, 0.1) is 5.56 Å². The van der Waals surface area contributed by atoms with Crippen LogP contribution in [0.4, 0.5) is 0 Å². The van der Waals surface area contributed by atoms with E-state index in [2.05, 4.69) is 35.1 Å². The Balaban J connectivity index is 2.55. The summed E-state index contributed by atoms with van der Waals surface area (Å²) in [5, 5.41) is 12.5. The quantitative estimate of drug-likeness (QED) is 0.820. The van der Waals surface area contributed by atoms with E-state index in [9.17, 15) is 9.90 Å². The fraction of sp³-hybridized carbons (Fsp3) is 0.500. The van der Waals surface area contributed by atoms with Crippen molar-refractivity contribution >= 4 is 21.8 Å². The minimum absolute atomic E-state index is 0.0301. The van der Waals surface area contributed by atoms with Crippen LogP contribution in [-0.2, 0) is 0 Å². The van der Waals surface area contributed by atoms with Crippen molar-refractivity contribution in [3.63, 3.8) is 0 Å². The molecule has 0 radical (unpaired) electrons. The average molecular weight is 314 g/mol. The van der Waals surface area contributed by atoms with Crippen molar-refractivity contribution in [1.29, 1.82) is 0 Å². The summed E-state index contributed by atoms with van der Waals surface area (Å²) in [5.74, 6) is 0.377. The zero-order valence-electron chi connectivity index (χ0n) is 11.0. The third-order valence-electron chi connectivity index (χ3n) is 2.61. The Kier molecular flexibility index (Phi) is 5.66. The number of nitrogens with one attached hydrogen (secondary N) is 1. The molecule has 0 spiro atoms. The number of phenols is 1. The second kappa shape index (κ2) is 6.78. The van der Waals surface area contributed by atoms with Gasteiger partial charge in [0.15, 0.2) is 0 Å². The van der Waals surface area contributed by atoms with Crippen molar-refractivity contribution in [2.75, 3.05) is 6.54 Å². The van der Waals surface area contributed by atoms with Crippen LogP contribution in [0.25, 0.3) is 0 Å². The average Bonchev–Trinajstić information content (AvgIpc) is 2.25. The third-order valence-corrected chi connectivity index (χ3v) is 3.31. The van der Waals surface area contributed by atoms with Crippen molar-refractivity contribution in [3.05, 3.63) is 29.3 Å². The zero-order valence-corrected chi connectivity index (χ0v) is 12.6. The Morgan fingerprint density at radius 2 is 2.11 bits per heavy atom. The number of benzene rings is 1. The first kappa shape index (κ1) is 15.0. The van der Waals surface area contributed by atoms with Crippen LogP contribution < -0.4 is 5.32 Å². The largest absolute Gasteiger partial charge is 0.507 e. The molecule has 0 aliphatic carbocycles. The molecule has 0 aliphatic heterocycles. The van der Waals surface area contributed by atoms with E-state index in [1.807, 2.05) is 13.0 Å². The Labute approximate surface area is 117 Å². The van der Waals surface area contributed by atoms with E-state index >= 15 is 0 Å². The number of amides is 1. The van der Waals surface area contributed by atoms with Gasteiger partial charge in [0, 0.05) is 11.4 Å². The summed E-state index contributed by atoms with van der Waals surface area (Å²) in [5.41, 5.74) is 1.26. The number of carbonyl (C=O) groups is 1. The lowest BCUT2D eigenvalue weighted by atomic mass is 10.1. The Bertz CT molecular complexity index is 418. The van der Waals surface area contributed by atoms with E-state index in [0.717, 1.165) is 12.0 Å². The summed E-state index contributed by atoms with van der Waals surface area (Å²) in [7, 11) is 0. The monoisotopic (exact) mass is 313 g/mol. The van der Waals surface area contributed by atoms with Gasteiger partial charge in [0.25, 0.3) is 5.91 Å². The van der Waals surface area contributed by atoms with Gasteiger partial charge < -0.3 is 10.4 Å². The van der Waals surface area contributed by atoms with Crippen LogP contribution in [0.3, 0.4) is 0 Å². The molecule has 1 atom stereocenters. The Hall–Kier alpha value is -1.03. The normalized spacial score (nSPS) is 12.5. The van der Waals surface area contributed by atoms with E-state index < -0.39 is 0 Å². The molecular formula is C14H20BrNO2. The number of hydrogen-bond donors (Lipinski definition) is 2. The minimum Gasteiger partial charge on any atom is -0.507 e. The number of rotatable bonds is 5. The molecule has 1 rings (SSSR count). The number of alkyl halides is 1. The standard InChI is InChI=1S/C14H20BrNO2/c1-9(2)6-11(15)8-16-14(18)12-5-4-10(3)7-13(12)17/h4-5,7,9,11,17H,6,8H2,1-3H3,(H,16,18). The maximum atomic E-state index is 11.9. The fourth-order valence-electron chi connectivity index (χ4n) is 1.73. The van der Waals surface area contributed by atoms with Crippen molar-refractivity contribution in [1.82, 2.24) is 5.32 Å². The molecule has 1 unspecified atom stereocenters. The molecule has 1 aromatic rings. The maximum Gasteiger partial charge on any atom is 0.255 e. The molecule has 0 saturated carbocycles. The molecule has 0 fully saturated rings.